The maximum atomic E-state index is 12.8. The summed E-state index contributed by atoms with van der Waals surface area (Å²) in [7, 11) is 3.01. The first kappa shape index (κ1) is 17.6. The number of nitrogens with zero attached hydrogens (tertiary/aromatic N) is 1. The summed E-state index contributed by atoms with van der Waals surface area (Å²) in [6.45, 7) is 0.624. The molecule has 0 radical (unpaired) electrons. The van der Waals surface area contributed by atoms with Gasteiger partial charge >= 0.3 is 0 Å². The van der Waals surface area contributed by atoms with E-state index >= 15 is 0 Å². The van der Waals surface area contributed by atoms with Crippen LogP contribution in [0.4, 0.5) is 0 Å². The monoisotopic (exact) mass is 340 g/mol. The van der Waals surface area contributed by atoms with Crippen molar-refractivity contribution in [3.05, 3.63) is 28.8 Å². The van der Waals surface area contributed by atoms with Gasteiger partial charge in [0.15, 0.2) is 0 Å². The second-order valence-electron chi connectivity index (χ2n) is 5.75. The van der Waals surface area contributed by atoms with Gasteiger partial charge in [-0.3, -0.25) is 9.59 Å². The van der Waals surface area contributed by atoms with Crippen molar-refractivity contribution in [3.8, 4) is 5.75 Å². The van der Waals surface area contributed by atoms with Crippen LogP contribution in [0.15, 0.2) is 18.2 Å². The summed E-state index contributed by atoms with van der Waals surface area (Å²) in [4.78, 5) is 25.9. The fraction of sp³-hybridized carbons (Fsp3) is 0.500. The first-order valence-electron chi connectivity index (χ1n) is 7.44. The Morgan fingerprint density at radius 3 is 2.87 bits per heavy atom. The molecule has 1 atom stereocenters. The molecule has 1 fully saturated rings. The van der Waals surface area contributed by atoms with Gasteiger partial charge in [-0.2, -0.15) is 0 Å². The van der Waals surface area contributed by atoms with Crippen molar-refractivity contribution in [3.63, 3.8) is 0 Å². The standard InChI is InChI=1S/C16H21ClN2O4/c1-18-14(20)9-16(22)6-3-7-19(10-16)15(21)12-8-11(17)4-5-13(12)23-2/h4-5,8,22H,3,6-7,9-10H2,1-2H3,(H,18,20). The normalized spacial score (nSPS) is 21.0. The van der Waals surface area contributed by atoms with Crippen molar-refractivity contribution in [2.45, 2.75) is 24.9 Å². The molecule has 1 aromatic carbocycles. The topological polar surface area (TPSA) is 78.9 Å². The van der Waals surface area contributed by atoms with Crippen molar-refractivity contribution in [2.24, 2.45) is 0 Å². The molecule has 1 aliphatic heterocycles. The van der Waals surface area contributed by atoms with Gasteiger partial charge in [0.05, 0.1) is 31.2 Å². The third-order valence-corrected chi connectivity index (χ3v) is 4.24. The van der Waals surface area contributed by atoms with Crippen molar-refractivity contribution in [1.29, 1.82) is 0 Å². The zero-order valence-electron chi connectivity index (χ0n) is 13.3. The number of benzene rings is 1. The summed E-state index contributed by atoms with van der Waals surface area (Å²) >= 11 is 5.97. The third kappa shape index (κ3) is 4.14. The van der Waals surface area contributed by atoms with Gasteiger partial charge in [-0.05, 0) is 31.0 Å². The molecule has 2 N–H and O–H groups in total. The average Bonchev–Trinajstić information content (AvgIpc) is 2.53. The quantitative estimate of drug-likeness (QED) is 0.869. The molecule has 23 heavy (non-hydrogen) atoms. The van der Waals surface area contributed by atoms with Crippen LogP contribution in [-0.4, -0.2) is 54.7 Å². The number of hydrogen-bond acceptors (Lipinski definition) is 4. The summed E-state index contributed by atoms with van der Waals surface area (Å²) in [5.41, 5.74) is -0.857. The Morgan fingerprint density at radius 1 is 1.48 bits per heavy atom. The molecule has 1 heterocycles. The number of aliphatic hydroxyl groups is 1. The summed E-state index contributed by atoms with van der Waals surface area (Å²) in [5, 5.41) is 13.5. The highest BCUT2D eigenvalue weighted by molar-refractivity contribution is 6.31. The maximum absolute atomic E-state index is 12.8. The molecule has 6 nitrogen and oxygen atoms in total. The largest absolute Gasteiger partial charge is 0.496 e. The molecule has 0 spiro atoms. The molecular weight excluding hydrogens is 320 g/mol. The zero-order chi connectivity index (χ0) is 17.0. The number of nitrogens with one attached hydrogen (secondary N) is 1. The molecule has 1 unspecified atom stereocenters. The van der Waals surface area contributed by atoms with Gasteiger partial charge in [-0.1, -0.05) is 11.6 Å². The molecule has 126 valence electrons. The minimum atomic E-state index is -1.21. The van der Waals surface area contributed by atoms with Crippen LogP contribution in [0.2, 0.25) is 5.02 Å². The highest BCUT2D eigenvalue weighted by Gasteiger charge is 2.37. The minimum Gasteiger partial charge on any atom is -0.496 e. The number of methoxy groups -OCH3 is 1. The molecule has 1 aliphatic rings. The Balaban J connectivity index is 2.19. The Bertz CT molecular complexity index is 608. The number of piperidine rings is 1. The molecule has 1 saturated heterocycles. The Morgan fingerprint density at radius 2 is 2.22 bits per heavy atom. The molecule has 0 aliphatic carbocycles. The van der Waals surface area contributed by atoms with Crippen LogP contribution < -0.4 is 10.1 Å². The lowest BCUT2D eigenvalue weighted by Gasteiger charge is -2.39. The number of hydrogen-bond donors (Lipinski definition) is 2. The van der Waals surface area contributed by atoms with Crippen molar-refractivity contribution in [2.75, 3.05) is 27.2 Å². The van der Waals surface area contributed by atoms with Gasteiger partial charge in [-0.15, -0.1) is 0 Å². The van der Waals surface area contributed by atoms with Crippen LogP contribution in [0.25, 0.3) is 0 Å². The van der Waals surface area contributed by atoms with Crippen LogP contribution in [0.3, 0.4) is 0 Å². The molecule has 2 amide bonds. The predicted molar refractivity (Wildman–Crippen MR) is 86.8 cm³/mol. The van der Waals surface area contributed by atoms with E-state index in [-0.39, 0.29) is 24.8 Å². The Hall–Kier alpha value is -1.79. The fourth-order valence-corrected chi connectivity index (χ4v) is 3.01. The number of carbonyl (C=O) groups is 2. The van der Waals surface area contributed by atoms with Crippen LogP contribution in [0, 0.1) is 0 Å². The lowest BCUT2D eigenvalue weighted by molar-refractivity contribution is -0.127. The summed E-state index contributed by atoms with van der Waals surface area (Å²) in [6.07, 6.45) is 1.08. The highest BCUT2D eigenvalue weighted by atomic mass is 35.5. The van der Waals surface area contributed by atoms with Gasteiger partial charge in [0, 0.05) is 18.6 Å². The number of ether oxygens (including phenoxy) is 1. The predicted octanol–water partition coefficient (Wildman–Crippen LogP) is 1.45. The van der Waals surface area contributed by atoms with Gasteiger partial charge in [-0.25, -0.2) is 0 Å². The summed E-state index contributed by atoms with van der Waals surface area (Å²) in [5.74, 6) is -0.0821. The van der Waals surface area contributed by atoms with Gasteiger partial charge < -0.3 is 20.1 Å². The van der Waals surface area contributed by atoms with E-state index in [0.717, 1.165) is 0 Å². The summed E-state index contributed by atoms with van der Waals surface area (Å²) in [6, 6.07) is 4.83. The van der Waals surface area contributed by atoms with Crippen LogP contribution >= 0.6 is 11.6 Å². The maximum Gasteiger partial charge on any atom is 0.257 e. The first-order valence-corrected chi connectivity index (χ1v) is 7.82. The average molecular weight is 341 g/mol. The summed E-state index contributed by atoms with van der Waals surface area (Å²) < 4.78 is 5.21. The lowest BCUT2D eigenvalue weighted by Crippen LogP contribution is -2.52. The minimum absolute atomic E-state index is 0.0278. The molecule has 0 aromatic heterocycles. The van der Waals surface area contributed by atoms with E-state index in [1.54, 1.807) is 23.1 Å². The molecule has 0 saturated carbocycles. The highest BCUT2D eigenvalue weighted by Crippen LogP contribution is 2.29. The SMILES string of the molecule is CNC(=O)CC1(O)CCCN(C(=O)c2cc(Cl)ccc2OC)C1. The van der Waals surface area contributed by atoms with E-state index in [4.69, 9.17) is 16.3 Å². The number of carbonyl (C=O) groups excluding carboxylic acids is 2. The van der Waals surface area contributed by atoms with Gasteiger partial charge in [0.2, 0.25) is 5.91 Å². The molecule has 0 bridgehead atoms. The number of β-amino-alcohol motifs (C(OH)–C–C–N with tert-alkyl or cyclic N) is 1. The molecule has 7 heteroatoms. The molecule has 1 aromatic rings. The van der Waals surface area contributed by atoms with Crippen molar-refractivity contribution < 1.29 is 19.4 Å². The first-order chi connectivity index (χ1) is 10.9. The van der Waals surface area contributed by atoms with Crippen LogP contribution in [-0.2, 0) is 4.79 Å². The van der Waals surface area contributed by atoms with Crippen molar-refractivity contribution >= 4 is 23.4 Å². The van der Waals surface area contributed by atoms with Crippen molar-refractivity contribution in [1.82, 2.24) is 10.2 Å². The lowest BCUT2D eigenvalue weighted by atomic mass is 9.89. The van der Waals surface area contributed by atoms with Crippen LogP contribution in [0.1, 0.15) is 29.6 Å². The second-order valence-corrected chi connectivity index (χ2v) is 6.19. The smallest absolute Gasteiger partial charge is 0.257 e. The number of amides is 2. The van der Waals surface area contributed by atoms with E-state index in [9.17, 15) is 14.7 Å². The second kappa shape index (κ2) is 7.19. The van der Waals surface area contributed by atoms with Crippen LogP contribution in [0.5, 0.6) is 5.75 Å². The van der Waals surface area contributed by atoms with E-state index in [1.807, 2.05) is 0 Å². The van der Waals surface area contributed by atoms with E-state index in [0.29, 0.717) is 35.7 Å². The number of likely N-dealkylation sites (tertiary alicyclic amines) is 1. The van der Waals surface area contributed by atoms with Gasteiger partial charge in [0.1, 0.15) is 5.75 Å². The van der Waals surface area contributed by atoms with E-state index in [1.165, 1.54) is 14.2 Å². The van der Waals surface area contributed by atoms with E-state index in [2.05, 4.69) is 5.32 Å². The zero-order valence-corrected chi connectivity index (χ0v) is 14.0. The fourth-order valence-electron chi connectivity index (χ4n) is 2.83. The van der Waals surface area contributed by atoms with E-state index < -0.39 is 5.60 Å². The third-order valence-electron chi connectivity index (χ3n) is 4.00. The molecule has 2 rings (SSSR count). The Kier molecular flexibility index (Phi) is 5.49. The Labute approximate surface area is 140 Å². The number of halogens is 1. The van der Waals surface area contributed by atoms with Gasteiger partial charge in [0.25, 0.3) is 5.91 Å². The molecular formula is C16H21ClN2O4. The number of rotatable bonds is 4.